The standard InChI is InChI=1S/C12H16O2/c1-5-8(2)6-12(13)11-7-9(3)14-10(11)4/h7H,2,5-6H2,1,3-4H3. The van der Waals surface area contributed by atoms with Gasteiger partial charge in [-0.3, -0.25) is 4.79 Å². The Morgan fingerprint density at radius 1 is 1.50 bits per heavy atom. The van der Waals surface area contributed by atoms with E-state index in [4.69, 9.17) is 4.42 Å². The molecule has 0 fully saturated rings. The number of furan rings is 1. The number of hydrogen-bond acceptors (Lipinski definition) is 2. The molecule has 0 amide bonds. The molecule has 2 heteroatoms. The van der Waals surface area contributed by atoms with E-state index in [0.717, 1.165) is 17.8 Å². The third-order valence-electron chi connectivity index (χ3n) is 2.25. The van der Waals surface area contributed by atoms with Gasteiger partial charge in [0.1, 0.15) is 11.5 Å². The molecule has 0 aliphatic carbocycles. The number of rotatable bonds is 4. The van der Waals surface area contributed by atoms with Gasteiger partial charge in [0.05, 0.1) is 5.56 Å². The van der Waals surface area contributed by atoms with Crippen molar-refractivity contribution >= 4 is 5.78 Å². The minimum absolute atomic E-state index is 0.103. The number of ketones is 1. The topological polar surface area (TPSA) is 30.2 Å². The second-order valence-corrected chi connectivity index (χ2v) is 3.53. The van der Waals surface area contributed by atoms with Crippen molar-refractivity contribution in [2.45, 2.75) is 33.6 Å². The largest absolute Gasteiger partial charge is 0.466 e. The smallest absolute Gasteiger partial charge is 0.170 e. The summed E-state index contributed by atoms with van der Waals surface area (Å²) in [6.45, 7) is 9.49. The van der Waals surface area contributed by atoms with E-state index in [1.54, 1.807) is 6.07 Å². The predicted molar refractivity (Wildman–Crippen MR) is 56.6 cm³/mol. The van der Waals surface area contributed by atoms with Gasteiger partial charge >= 0.3 is 0 Å². The number of hydrogen-bond donors (Lipinski definition) is 0. The third kappa shape index (κ3) is 2.34. The zero-order chi connectivity index (χ0) is 10.7. The third-order valence-corrected chi connectivity index (χ3v) is 2.25. The molecule has 0 spiro atoms. The molecule has 1 aromatic rings. The van der Waals surface area contributed by atoms with Crippen LogP contribution in [0.25, 0.3) is 0 Å². The molecule has 0 saturated carbocycles. The van der Waals surface area contributed by atoms with Crippen LogP contribution in [0.15, 0.2) is 22.6 Å². The summed E-state index contributed by atoms with van der Waals surface area (Å²) in [7, 11) is 0. The van der Waals surface area contributed by atoms with Crippen molar-refractivity contribution in [3.63, 3.8) is 0 Å². The van der Waals surface area contributed by atoms with Gasteiger partial charge in [0.15, 0.2) is 5.78 Å². The van der Waals surface area contributed by atoms with Gasteiger partial charge in [0.2, 0.25) is 0 Å². The first kappa shape index (κ1) is 10.8. The highest BCUT2D eigenvalue weighted by molar-refractivity contribution is 5.98. The maximum atomic E-state index is 11.7. The van der Waals surface area contributed by atoms with E-state index in [9.17, 15) is 4.79 Å². The summed E-state index contributed by atoms with van der Waals surface area (Å²) in [5.41, 5.74) is 1.66. The first-order valence-electron chi connectivity index (χ1n) is 4.81. The Labute approximate surface area is 84.6 Å². The highest BCUT2D eigenvalue weighted by Gasteiger charge is 2.13. The van der Waals surface area contributed by atoms with Crippen molar-refractivity contribution < 1.29 is 9.21 Å². The van der Waals surface area contributed by atoms with Crippen molar-refractivity contribution in [1.82, 2.24) is 0 Å². The number of allylic oxidation sites excluding steroid dienone is 1. The number of carbonyl (C=O) groups excluding carboxylic acids is 1. The molecular formula is C12H16O2. The summed E-state index contributed by atoms with van der Waals surface area (Å²) < 4.78 is 5.30. The summed E-state index contributed by atoms with van der Waals surface area (Å²) in [6.07, 6.45) is 1.28. The van der Waals surface area contributed by atoms with E-state index < -0.39 is 0 Å². The first-order chi connectivity index (χ1) is 6.54. The van der Waals surface area contributed by atoms with E-state index >= 15 is 0 Å². The summed E-state index contributed by atoms with van der Waals surface area (Å²) >= 11 is 0. The highest BCUT2D eigenvalue weighted by Crippen LogP contribution is 2.17. The Bertz CT molecular complexity index is 358. The van der Waals surface area contributed by atoms with Crippen molar-refractivity contribution in [1.29, 1.82) is 0 Å². The molecule has 14 heavy (non-hydrogen) atoms. The fourth-order valence-electron chi connectivity index (χ4n) is 1.35. The van der Waals surface area contributed by atoms with Crippen molar-refractivity contribution in [3.8, 4) is 0 Å². The maximum absolute atomic E-state index is 11.7. The molecular weight excluding hydrogens is 176 g/mol. The predicted octanol–water partition coefficient (Wildman–Crippen LogP) is 3.44. The molecule has 0 unspecified atom stereocenters. The molecule has 1 rings (SSSR count). The van der Waals surface area contributed by atoms with Crippen LogP contribution in [0.3, 0.4) is 0 Å². The Morgan fingerprint density at radius 2 is 2.14 bits per heavy atom. The second kappa shape index (κ2) is 4.27. The average Bonchev–Trinajstić information content (AvgIpc) is 2.45. The van der Waals surface area contributed by atoms with Crippen LogP contribution in [0.4, 0.5) is 0 Å². The van der Waals surface area contributed by atoms with Crippen LogP contribution in [-0.4, -0.2) is 5.78 Å². The molecule has 0 aromatic carbocycles. The molecule has 0 atom stereocenters. The van der Waals surface area contributed by atoms with E-state index in [1.165, 1.54) is 0 Å². The zero-order valence-corrected chi connectivity index (χ0v) is 9.02. The molecule has 0 bridgehead atoms. The lowest BCUT2D eigenvalue weighted by molar-refractivity contribution is 0.0991. The van der Waals surface area contributed by atoms with Crippen LogP contribution in [0.5, 0.6) is 0 Å². The Balaban J connectivity index is 2.79. The van der Waals surface area contributed by atoms with E-state index in [0.29, 0.717) is 17.7 Å². The Hall–Kier alpha value is -1.31. The number of aryl methyl sites for hydroxylation is 2. The molecule has 0 saturated heterocycles. The van der Waals surface area contributed by atoms with Gasteiger partial charge < -0.3 is 4.42 Å². The lowest BCUT2D eigenvalue weighted by Gasteiger charge is -2.00. The van der Waals surface area contributed by atoms with Crippen LogP contribution in [0, 0.1) is 13.8 Å². The van der Waals surface area contributed by atoms with Gasteiger partial charge in [-0.1, -0.05) is 19.1 Å². The fraction of sp³-hybridized carbons (Fsp3) is 0.417. The number of carbonyl (C=O) groups is 1. The Morgan fingerprint density at radius 3 is 2.57 bits per heavy atom. The van der Waals surface area contributed by atoms with Crippen LogP contribution in [0.1, 0.15) is 41.6 Å². The summed E-state index contributed by atoms with van der Waals surface area (Å²) in [5, 5.41) is 0. The SMILES string of the molecule is C=C(CC)CC(=O)c1cc(C)oc1C. The fourth-order valence-corrected chi connectivity index (χ4v) is 1.35. The van der Waals surface area contributed by atoms with Crippen molar-refractivity contribution in [3.05, 3.63) is 35.3 Å². The quantitative estimate of drug-likeness (QED) is 0.540. The first-order valence-corrected chi connectivity index (χ1v) is 4.81. The molecule has 0 aliphatic rings. The molecule has 0 N–H and O–H groups in total. The van der Waals surface area contributed by atoms with Crippen LogP contribution < -0.4 is 0 Å². The van der Waals surface area contributed by atoms with Gasteiger partial charge in [-0.25, -0.2) is 0 Å². The lowest BCUT2D eigenvalue weighted by atomic mass is 10.0. The van der Waals surface area contributed by atoms with E-state index in [-0.39, 0.29) is 5.78 Å². The van der Waals surface area contributed by atoms with Crippen LogP contribution in [0.2, 0.25) is 0 Å². The van der Waals surface area contributed by atoms with E-state index in [2.05, 4.69) is 6.58 Å². The Kier molecular flexibility index (Phi) is 3.28. The maximum Gasteiger partial charge on any atom is 0.170 e. The van der Waals surface area contributed by atoms with Crippen LogP contribution in [-0.2, 0) is 0 Å². The van der Waals surface area contributed by atoms with Crippen LogP contribution >= 0.6 is 0 Å². The average molecular weight is 192 g/mol. The lowest BCUT2D eigenvalue weighted by Crippen LogP contribution is -2.00. The summed E-state index contributed by atoms with van der Waals surface area (Å²) in [4.78, 5) is 11.7. The van der Waals surface area contributed by atoms with Gasteiger partial charge in [0.25, 0.3) is 0 Å². The molecule has 2 nitrogen and oxygen atoms in total. The highest BCUT2D eigenvalue weighted by atomic mass is 16.3. The number of Topliss-reactive ketones (excluding diaryl/α,β-unsaturated/α-hetero) is 1. The minimum Gasteiger partial charge on any atom is -0.466 e. The zero-order valence-electron chi connectivity index (χ0n) is 9.02. The molecule has 0 radical (unpaired) electrons. The summed E-state index contributed by atoms with van der Waals surface area (Å²) in [6, 6.07) is 1.79. The summed E-state index contributed by atoms with van der Waals surface area (Å²) in [5.74, 6) is 1.59. The van der Waals surface area contributed by atoms with Crippen molar-refractivity contribution in [2.75, 3.05) is 0 Å². The van der Waals surface area contributed by atoms with Gasteiger partial charge in [0, 0.05) is 6.42 Å². The monoisotopic (exact) mass is 192 g/mol. The second-order valence-electron chi connectivity index (χ2n) is 3.53. The molecule has 1 aromatic heterocycles. The van der Waals surface area contributed by atoms with Crippen molar-refractivity contribution in [2.24, 2.45) is 0 Å². The molecule has 76 valence electrons. The normalized spacial score (nSPS) is 10.2. The van der Waals surface area contributed by atoms with Gasteiger partial charge in [-0.15, -0.1) is 0 Å². The van der Waals surface area contributed by atoms with Gasteiger partial charge in [-0.2, -0.15) is 0 Å². The minimum atomic E-state index is 0.103. The molecule has 1 heterocycles. The van der Waals surface area contributed by atoms with Gasteiger partial charge in [-0.05, 0) is 26.3 Å². The molecule has 0 aliphatic heterocycles. The van der Waals surface area contributed by atoms with E-state index in [1.807, 2.05) is 20.8 Å².